The third-order valence-corrected chi connectivity index (χ3v) is 3.25. The van der Waals surface area contributed by atoms with E-state index in [0.717, 1.165) is 15.1 Å². The summed E-state index contributed by atoms with van der Waals surface area (Å²) in [7, 11) is 1.96. The minimum Gasteiger partial charge on any atom is -0.381 e. The number of aromatic nitrogens is 1. The van der Waals surface area contributed by atoms with E-state index in [0.29, 0.717) is 12.4 Å². The lowest BCUT2D eigenvalue weighted by Crippen LogP contribution is -2.14. The second-order valence-electron chi connectivity index (χ2n) is 3.15. The molecule has 0 aliphatic rings. The molecule has 0 atom stereocenters. The number of hydrogen-bond donors (Lipinski definition) is 1. The van der Waals surface area contributed by atoms with Gasteiger partial charge in [0.05, 0.1) is 15.9 Å². The molecule has 0 spiro atoms. The highest BCUT2D eigenvalue weighted by Gasteiger charge is 2.08. The van der Waals surface area contributed by atoms with E-state index in [1.54, 1.807) is 6.07 Å². The summed E-state index contributed by atoms with van der Waals surface area (Å²) in [5.41, 5.74) is 5.46. The third-order valence-electron chi connectivity index (χ3n) is 1.91. The van der Waals surface area contributed by atoms with Gasteiger partial charge in [-0.1, -0.05) is 16.8 Å². The van der Waals surface area contributed by atoms with Crippen LogP contribution in [0.5, 0.6) is 0 Å². The van der Waals surface area contributed by atoms with Gasteiger partial charge in [-0.15, -0.1) is 11.3 Å². The molecule has 0 aliphatic carbocycles. The highest BCUT2D eigenvalue weighted by Crippen LogP contribution is 2.29. The Labute approximate surface area is 96.2 Å². The van der Waals surface area contributed by atoms with Gasteiger partial charge in [0, 0.05) is 13.1 Å². The Morgan fingerprint density at radius 3 is 2.93 bits per heavy atom. The normalized spacial score (nSPS) is 10.5. The zero-order valence-electron chi connectivity index (χ0n) is 8.11. The zero-order chi connectivity index (χ0) is 10.8. The number of nitrogens with two attached hydrogens (primary N) is 1. The zero-order valence-corrected chi connectivity index (χ0v) is 9.68. The first kappa shape index (κ1) is 10.3. The molecule has 0 amide bonds. The van der Waals surface area contributed by atoms with Crippen LogP contribution in [0.4, 0.5) is 10.8 Å². The molecule has 0 bridgehead atoms. The minimum atomic E-state index is 0.405. The Balaban J connectivity index is 2.06. The van der Waals surface area contributed by atoms with Gasteiger partial charge in [-0.25, -0.2) is 0 Å². The van der Waals surface area contributed by atoms with Crippen molar-refractivity contribution in [2.45, 2.75) is 6.54 Å². The Kier molecular flexibility index (Phi) is 2.83. The Hall–Kier alpha value is -1.20. The van der Waals surface area contributed by atoms with Crippen LogP contribution in [0, 0.1) is 0 Å². The summed E-state index contributed by atoms with van der Waals surface area (Å²) < 4.78 is 5.79. The van der Waals surface area contributed by atoms with E-state index < -0.39 is 0 Å². The fourth-order valence-corrected chi connectivity index (χ4v) is 2.22. The SMILES string of the molecule is CN(Cc1cc(N)no1)c1ccc(Cl)s1. The number of thiophene rings is 1. The number of anilines is 2. The van der Waals surface area contributed by atoms with E-state index in [1.807, 2.05) is 24.1 Å². The Morgan fingerprint density at radius 2 is 2.40 bits per heavy atom. The van der Waals surface area contributed by atoms with Crippen LogP contribution in [-0.2, 0) is 6.54 Å². The van der Waals surface area contributed by atoms with Gasteiger partial charge in [0.15, 0.2) is 11.6 Å². The first-order valence-electron chi connectivity index (χ1n) is 4.32. The molecule has 6 heteroatoms. The van der Waals surface area contributed by atoms with Gasteiger partial charge < -0.3 is 15.2 Å². The average molecular weight is 244 g/mol. The van der Waals surface area contributed by atoms with Crippen LogP contribution < -0.4 is 10.6 Å². The third kappa shape index (κ3) is 2.43. The van der Waals surface area contributed by atoms with E-state index in [4.69, 9.17) is 21.9 Å². The lowest BCUT2D eigenvalue weighted by Gasteiger charge is -2.14. The second kappa shape index (κ2) is 4.12. The van der Waals surface area contributed by atoms with Crippen molar-refractivity contribution in [3.63, 3.8) is 0 Å². The number of nitrogen functional groups attached to an aromatic ring is 1. The van der Waals surface area contributed by atoms with Gasteiger partial charge in [-0.3, -0.25) is 0 Å². The summed E-state index contributed by atoms with van der Waals surface area (Å²) in [5, 5.41) is 4.70. The molecular formula is C9H10ClN3OS. The fraction of sp³-hybridized carbons (Fsp3) is 0.222. The molecule has 0 unspecified atom stereocenters. The molecule has 2 aromatic heterocycles. The molecule has 2 N–H and O–H groups in total. The van der Waals surface area contributed by atoms with Gasteiger partial charge in [0.25, 0.3) is 0 Å². The lowest BCUT2D eigenvalue weighted by molar-refractivity contribution is 0.386. The summed E-state index contributed by atoms with van der Waals surface area (Å²) in [5.74, 6) is 1.14. The van der Waals surface area contributed by atoms with E-state index >= 15 is 0 Å². The van der Waals surface area contributed by atoms with Crippen LogP contribution in [0.2, 0.25) is 4.34 Å². The van der Waals surface area contributed by atoms with Gasteiger partial charge in [0.1, 0.15) is 0 Å². The molecular weight excluding hydrogens is 234 g/mol. The Morgan fingerprint density at radius 1 is 1.60 bits per heavy atom. The van der Waals surface area contributed by atoms with Crippen molar-refractivity contribution in [3.05, 3.63) is 28.3 Å². The number of hydrogen-bond acceptors (Lipinski definition) is 5. The van der Waals surface area contributed by atoms with Crippen molar-refractivity contribution < 1.29 is 4.52 Å². The molecule has 80 valence electrons. The van der Waals surface area contributed by atoms with Crippen molar-refractivity contribution in [2.75, 3.05) is 17.7 Å². The van der Waals surface area contributed by atoms with E-state index in [1.165, 1.54) is 11.3 Å². The van der Waals surface area contributed by atoms with Crippen LogP contribution in [0.15, 0.2) is 22.7 Å². The molecule has 0 fully saturated rings. The van der Waals surface area contributed by atoms with Gasteiger partial charge in [-0.05, 0) is 12.1 Å². The molecule has 15 heavy (non-hydrogen) atoms. The maximum absolute atomic E-state index is 5.85. The van der Waals surface area contributed by atoms with Crippen LogP contribution in [-0.4, -0.2) is 12.2 Å². The number of nitrogens with zero attached hydrogens (tertiary/aromatic N) is 2. The molecule has 4 nitrogen and oxygen atoms in total. The number of rotatable bonds is 3. The van der Waals surface area contributed by atoms with Crippen LogP contribution in [0.1, 0.15) is 5.76 Å². The summed E-state index contributed by atoms with van der Waals surface area (Å²) in [6, 6.07) is 5.55. The van der Waals surface area contributed by atoms with E-state index in [-0.39, 0.29) is 0 Å². The maximum atomic E-state index is 5.85. The summed E-state index contributed by atoms with van der Waals surface area (Å²) in [4.78, 5) is 2.02. The first-order valence-corrected chi connectivity index (χ1v) is 5.52. The minimum absolute atomic E-state index is 0.405. The lowest BCUT2D eigenvalue weighted by atomic mass is 10.4. The largest absolute Gasteiger partial charge is 0.381 e. The molecule has 0 saturated heterocycles. The predicted octanol–water partition coefficient (Wildman–Crippen LogP) is 2.61. The average Bonchev–Trinajstić information content (AvgIpc) is 2.75. The molecule has 0 aromatic carbocycles. The second-order valence-corrected chi connectivity index (χ2v) is 4.85. The maximum Gasteiger partial charge on any atom is 0.167 e. The highest BCUT2D eigenvalue weighted by atomic mass is 35.5. The van der Waals surface area contributed by atoms with Crippen molar-refractivity contribution in [2.24, 2.45) is 0 Å². The highest BCUT2D eigenvalue weighted by molar-refractivity contribution is 7.19. The molecule has 2 aromatic rings. The summed E-state index contributed by atoms with van der Waals surface area (Å²) >= 11 is 7.37. The quantitative estimate of drug-likeness (QED) is 0.900. The van der Waals surface area contributed by atoms with Crippen molar-refractivity contribution >= 4 is 33.8 Å². The van der Waals surface area contributed by atoms with E-state index in [9.17, 15) is 0 Å². The fourth-order valence-electron chi connectivity index (χ4n) is 1.23. The molecule has 2 rings (SSSR count). The molecule has 0 saturated carbocycles. The van der Waals surface area contributed by atoms with Crippen molar-refractivity contribution in [1.29, 1.82) is 0 Å². The monoisotopic (exact) mass is 243 g/mol. The van der Waals surface area contributed by atoms with Crippen LogP contribution in [0.25, 0.3) is 0 Å². The topological polar surface area (TPSA) is 55.3 Å². The van der Waals surface area contributed by atoms with Crippen molar-refractivity contribution in [3.8, 4) is 0 Å². The van der Waals surface area contributed by atoms with Gasteiger partial charge in [0.2, 0.25) is 0 Å². The molecule has 2 heterocycles. The van der Waals surface area contributed by atoms with Gasteiger partial charge >= 0.3 is 0 Å². The summed E-state index contributed by atoms with van der Waals surface area (Å²) in [6.45, 7) is 0.626. The molecule has 0 aliphatic heterocycles. The molecule has 0 radical (unpaired) electrons. The van der Waals surface area contributed by atoms with Crippen LogP contribution >= 0.6 is 22.9 Å². The Bertz CT molecular complexity index is 454. The van der Waals surface area contributed by atoms with Crippen molar-refractivity contribution in [1.82, 2.24) is 5.16 Å². The number of halogens is 1. The first-order chi connectivity index (χ1) is 7.15. The van der Waals surface area contributed by atoms with Gasteiger partial charge in [-0.2, -0.15) is 0 Å². The van der Waals surface area contributed by atoms with Crippen LogP contribution in [0.3, 0.4) is 0 Å². The van der Waals surface area contributed by atoms with E-state index in [2.05, 4.69) is 5.16 Å². The predicted molar refractivity (Wildman–Crippen MR) is 62.4 cm³/mol. The smallest absolute Gasteiger partial charge is 0.167 e. The summed E-state index contributed by atoms with van der Waals surface area (Å²) in [6.07, 6.45) is 0. The standard InChI is InChI=1S/C9H10ClN3OS/c1-13(9-3-2-7(10)15-9)5-6-4-8(11)12-14-6/h2-4H,5H2,1H3,(H2,11,12).